The summed E-state index contributed by atoms with van der Waals surface area (Å²) in [6.45, 7) is 1.86. The van der Waals surface area contributed by atoms with Crippen molar-refractivity contribution in [2.24, 2.45) is 0 Å². The lowest BCUT2D eigenvalue weighted by atomic mass is 9.90. The van der Waals surface area contributed by atoms with Crippen LogP contribution < -0.4 is 10.2 Å². The first-order chi connectivity index (χ1) is 14.8. The summed E-state index contributed by atoms with van der Waals surface area (Å²) in [6, 6.07) is 13.7. The maximum Gasteiger partial charge on any atom is 0.257 e. The molecule has 1 fully saturated rings. The van der Waals surface area contributed by atoms with Gasteiger partial charge in [0.25, 0.3) is 5.91 Å². The van der Waals surface area contributed by atoms with E-state index in [0.717, 1.165) is 48.5 Å². The van der Waals surface area contributed by atoms with Crippen LogP contribution in [0.3, 0.4) is 0 Å². The second-order valence-electron chi connectivity index (χ2n) is 7.54. The average Bonchev–Trinajstić information content (AvgIpc) is 3.29. The van der Waals surface area contributed by atoms with Crippen molar-refractivity contribution in [2.75, 3.05) is 23.3 Å². The fourth-order valence-corrected chi connectivity index (χ4v) is 4.12. The lowest BCUT2D eigenvalue weighted by molar-refractivity contribution is 0.102. The van der Waals surface area contributed by atoms with Crippen LogP contribution in [0.1, 0.15) is 34.7 Å². The number of rotatable bonds is 4. The van der Waals surface area contributed by atoms with Crippen molar-refractivity contribution in [3.8, 4) is 0 Å². The Labute approximate surface area is 174 Å². The third-order valence-corrected chi connectivity index (χ3v) is 5.59. The number of aromatic nitrogens is 4. The van der Waals surface area contributed by atoms with Gasteiger partial charge in [0.1, 0.15) is 17.8 Å². The molecule has 1 saturated heterocycles. The molecule has 0 radical (unpaired) electrons. The SMILES string of the molecule is O=C(Nc1cccc([C@@H]2CCCN(c3ncnc4[nH]ccc34)C2)c1)c1cccnc1. The number of piperidine rings is 1. The van der Waals surface area contributed by atoms with Gasteiger partial charge in [-0.05, 0) is 48.7 Å². The van der Waals surface area contributed by atoms with Crippen molar-refractivity contribution in [2.45, 2.75) is 18.8 Å². The van der Waals surface area contributed by atoms with Crippen molar-refractivity contribution >= 4 is 28.4 Å². The molecule has 4 heterocycles. The minimum absolute atomic E-state index is 0.152. The summed E-state index contributed by atoms with van der Waals surface area (Å²) in [4.78, 5) is 30.8. The van der Waals surface area contributed by atoms with Gasteiger partial charge in [0.15, 0.2) is 0 Å². The molecule has 1 amide bonds. The van der Waals surface area contributed by atoms with Crippen molar-refractivity contribution in [1.82, 2.24) is 19.9 Å². The van der Waals surface area contributed by atoms with Gasteiger partial charge in [0, 0.05) is 43.3 Å². The van der Waals surface area contributed by atoms with Crippen LogP contribution >= 0.6 is 0 Å². The monoisotopic (exact) mass is 398 g/mol. The molecular weight excluding hydrogens is 376 g/mol. The number of hydrogen-bond acceptors (Lipinski definition) is 5. The first kappa shape index (κ1) is 18.3. The maximum absolute atomic E-state index is 12.5. The Morgan fingerprint density at radius 3 is 3.03 bits per heavy atom. The molecule has 0 aliphatic carbocycles. The Morgan fingerprint density at radius 2 is 2.13 bits per heavy atom. The van der Waals surface area contributed by atoms with Crippen molar-refractivity contribution in [3.63, 3.8) is 0 Å². The Kier molecular flexibility index (Phi) is 4.85. The third-order valence-electron chi connectivity index (χ3n) is 5.59. The van der Waals surface area contributed by atoms with Crippen LogP contribution in [0.5, 0.6) is 0 Å². The molecule has 30 heavy (non-hydrogen) atoms. The first-order valence-electron chi connectivity index (χ1n) is 10.1. The van der Waals surface area contributed by atoms with Gasteiger partial charge in [-0.1, -0.05) is 12.1 Å². The van der Waals surface area contributed by atoms with Crippen LogP contribution in [0.4, 0.5) is 11.5 Å². The number of amides is 1. The highest BCUT2D eigenvalue weighted by atomic mass is 16.1. The van der Waals surface area contributed by atoms with E-state index >= 15 is 0 Å². The third kappa shape index (κ3) is 3.61. The highest BCUT2D eigenvalue weighted by molar-refractivity contribution is 6.04. The summed E-state index contributed by atoms with van der Waals surface area (Å²) < 4.78 is 0. The molecule has 7 heteroatoms. The molecule has 150 valence electrons. The zero-order chi connectivity index (χ0) is 20.3. The van der Waals surface area contributed by atoms with Crippen LogP contribution in [0.15, 0.2) is 67.4 Å². The van der Waals surface area contributed by atoms with E-state index in [1.54, 1.807) is 30.9 Å². The minimum Gasteiger partial charge on any atom is -0.355 e. The molecule has 5 rings (SSSR count). The summed E-state index contributed by atoms with van der Waals surface area (Å²) >= 11 is 0. The van der Waals surface area contributed by atoms with Crippen molar-refractivity contribution < 1.29 is 4.79 Å². The van der Waals surface area contributed by atoms with Crippen molar-refractivity contribution in [3.05, 3.63) is 78.5 Å². The molecule has 4 aromatic rings. The van der Waals surface area contributed by atoms with E-state index in [2.05, 4.69) is 42.3 Å². The fourth-order valence-electron chi connectivity index (χ4n) is 4.12. The van der Waals surface area contributed by atoms with E-state index in [-0.39, 0.29) is 5.91 Å². The molecule has 1 atom stereocenters. The quantitative estimate of drug-likeness (QED) is 0.543. The summed E-state index contributed by atoms with van der Waals surface area (Å²) in [7, 11) is 0. The van der Waals surface area contributed by atoms with E-state index in [0.29, 0.717) is 11.5 Å². The normalized spacial score (nSPS) is 16.5. The summed E-state index contributed by atoms with van der Waals surface area (Å²) in [5.74, 6) is 1.20. The molecule has 7 nitrogen and oxygen atoms in total. The molecule has 0 bridgehead atoms. The van der Waals surface area contributed by atoms with Gasteiger partial charge in [-0.2, -0.15) is 0 Å². The standard InChI is InChI=1S/C23H22N6O/c30-23(17-5-2-9-24-13-17)28-19-7-1-4-16(12-19)18-6-3-11-29(14-18)22-20-8-10-25-21(20)26-15-27-22/h1-2,4-5,7-10,12-13,15,18H,3,6,11,14H2,(H,28,30)(H,25,26,27)/t18-/m1/s1. The van der Waals surface area contributed by atoms with Gasteiger partial charge >= 0.3 is 0 Å². The van der Waals surface area contributed by atoms with Gasteiger partial charge in [-0.15, -0.1) is 0 Å². The zero-order valence-electron chi connectivity index (χ0n) is 16.5. The Morgan fingerprint density at radius 1 is 1.17 bits per heavy atom. The molecule has 1 aromatic carbocycles. The van der Waals surface area contributed by atoms with E-state index in [4.69, 9.17) is 0 Å². The average molecular weight is 398 g/mol. The highest BCUT2D eigenvalue weighted by Gasteiger charge is 2.24. The Bertz CT molecular complexity index is 1170. The first-order valence-corrected chi connectivity index (χ1v) is 10.1. The maximum atomic E-state index is 12.5. The molecule has 1 aliphatic heterocycles. The molecule has 3 aromatic heterocycles. The largest absolute Gasteiger partial charge is 0.355 e. The highest BCUT2D eigenvalue weighted by Crippen LogP contribution is 2.32. The zero-order valence-corrected chi connectivity index (χ0v) is 16.5. The van der Waals surface area contributed by atoms with E-state index < -0.39 is 0 Å². The number of nitrogens with zero attached hydrogens (tertiary/aromatic N) is 4. The summed E-state index contributed by atoms with van der Waals surface area (Å²) in [5, 5.41) is 4.04. The van der Waals surface area contributed by atoms with Crippen LogP contribution in [-0.2, 0) is 0 Å². The lowest BCUT2D eigenvalue weighted by Crippen LogP contribution is -2.35. The van der Waals surface area contributed by atoms with Crippen LogP contribution in [-0.4, -0.2) is 38.9 Å². The number of nitrogens with one attached hydrogen (secondary N) is 2. The lowest BCUT2D eigenvalue weighted by Gasteiger charge is -2.34. The van der Waals surface area contributed by atoms with Gasteiger partial charge < -0.3 is 15.2 Å². The molecule has 0 unspecified atom stereocenters. The van der Waals surface area contributed by atoms with Gasteiger partial charge in [0.2, 0.25) is 0 Å². The van der Waals surface area contributed by atoms with Crippen LogP contribution in [0, 0.1) is 0 Å². The predicted molar refractivity (Wildman–Crippen MR) is 117 cm³/mol. The number of pyridine rings is 1. The molecule has 2 N–H and O–H groups in total. The van der Waals surface area contributed by atoms with E-state index in [1.165, 1.54) is 5.56 Å². The molecule has 0 spiro atoms. The number of fused-ring (bicyclic) bond motifs is 1. The number of benzene rings is 1. The van der Waals surface area contributed by atoms with Gasteiger partial charge in [0.05, 0.1) is 10.9 Å². The second-order valence-corrected chi connectivity index (χ2v) is 7.54. The van der Waals surface area contributed by atoms with Gasteiger partial charge in [-0.25, -0.2) is 9.97 Å². The number of carbonyl (C=O) groups is 1. The Balaban J connectivity index is 1.35. The van der Waals surface area contributed by atoms with Crippen LogP contribution in [0.25, 0.3) is 11.0 Å². The molecular formula is C23H22N6O. The molecule has 1 aliphatic rings. The molecule has 0 saturated carbocycles. The predicted octanol–water partition coefficient (Wildman–Crippen LogP) is 3.99. The fraction of sp³-hybridized carbons (Fsp3) is 0.217. The number of carbonyl (C=O) groups excluding carboxylic acids is 1. The number of aromatic amines is 1. The van der Waals surface area contributed by atoms with Gasteiger partial charge in [-0.3, -0.25) is 9.78 Å². The number of H-pyrrole nitrogens is 1. The van der Waals surface area contributed by atoms with Crippen LogP contribution in [0.2, 0.25) is 0 Å². The topological polar surface area (TPSA) is 86.8 Å². The minimum atomic E-state index is -0.152. The number of hydrogen-bond donors (Lipinski definition) is 2. The summed E-state index contributed by atoms with van der Waals surface area (Å²) in [5.41, 5.74) is 3.44. The van der Waals surface area contributed by atoms with E-state index in [9.17, 15) is 4.79 Å². The number of anilines is 2. The van der Waals surface area contributed by atoms with Crippen molar-refractivity contribution in [1.29, 1.82) is 0 Å². The smallest absolute Gasteiger partial charge is 0.257 e. The Hall–Kier alpha value is -3.74. The van der Waals surface area contributed by atoms with E-state index in [1.807, 2.05) is 24.4 Å². The summed E-state index contributed by atoms with van der Waals surface area (Å²) in [6.07, 6.45) is 8.95. The second kappa shape index (κ2) is 7.94.